The lowest BCUT2D eigenvalue weighted by molar-refractivity contribution is -0.145. The lowest BCUT2D eigenvalue weighted by atomic mass is 9.92. The molecule has 1 saturated carbocycles. The van der Waals surface area contributed by atoms with E-state index in [-0.39, 0.29) is 6.04 Å². The number of rotatable bonds is 2. The molecule has 1 atom stereocenters. The second-order valence-electron chi connectivity index (χ2n) is 5.44. The summed E-state index contributed by atoms with van der Waals surface area (Å²) in [5.74, 6) is -0.670. The van der Waals surface area contributed by atoms with Crippen LogP contribution in [0.25, 0.3) is 0 Å². The first-order chi connectivity index (χ1) is 8.75. The first-order valence-electron chi connectivity index (χ1n) is 6.81. The molecule has 1 N–H and O–H groups in total. The molecule has 1 fully saturated rings. The molecule has 0 bridgehead atoms. The molecule has 1 aliphatic carbocycles. The molecule has 0 amide bonds. The van der Waals surface area contributed by atoms with Crippen molar-refractivity contribution in [2.75, 3.05) is 0 Å². The normalized spacial score (nSPS) is 25.0. The molecule has 3 rings (SSSR count). The summed E-state index contributed by atoms with van der Waals surface area (Å²) in [6.45, 7) is 0.803. The fourth-order valence-electron chi connectivity index (χ4n) is 3.39. The van der Waals surface area contributed by atoms with Gasteiger partial charge in [0.05, 0.1) is 0 Å². The van der Waals surface area contributed by atoms with E-state index < -0.39 is 5.97 Å². The number of carboxylic acids is 1. The zero-order valence-corrected chi connectivity index (χ0v) is 10.5. The Labute approximate surface area is 107 Å². The van der Waals surface area contributed by atoms with E-state index in [4.69, 9.17) is 0 Å². The van der Waals surface area contributed by atoms with Crippen LogP contribution in [0.1, 0.15) is 36.8 Å². The average Bonchev–Trinajstić information content (AvgIpc) is 2.91. The van der Waals surface area contributed by atoms with Crippen LogP contribution in [0.15, 0.2) is 24.3 Å². The van der Waals surface area contributed by atoms with E-state index in [0.29, 0.717) is 12.5 Å². The summed E-state index contributed by atoms with van der Waals surface area (Å²) in [7, 11) is 0. The number of carboxylic acid groups (broad SMARTS) is 1. The molecule has 1 heterocycles. The van der Waals surface area contributed by atoms with Crippen molar-refractivity contribution in [2.24, 2.45) is 0 Å². The number of fused-ring (bicyclic) bond motifs is 1. The summed E-state index contributed by atoms with van der Waals surface area (Å²) in [6, 6.07) is 8.39. The summed E-state index contributed by atoms with van der Waals surface area (Å²) in [5, 5.41) is 9.45. The first kappa shape index (κ1) is 11.7. The second kappa shape index (κ2) is 4.73. The Morgan fingerprint density at radius 1 is 1.17 bits per heavy atom. The molecule has 3 heteroatoms. The Balaban J connectivity index is 1.90. The van der Waals surface area contributed by atoms with Gasteiger partial charge in [-0.15, -0.1) is 0 Å². The van der Waals surface area contributed by atoms with Crippen LogP contribution in [0, 0.1) is 0 Å². The van der Waals surface area contributed by atoms with E-state index in [2.05, 4.69) is 17.0 Å². The van der Waals surface area contributed by atoms with Gasteiger partial charge in [-0.25, -0.2) is 0 Å². The van der Waals surface area contributed by atoms with Crippen LogP contribution < -0.4 is 0 Å². The van der Waals surface area contributed by atoms with Crippen LogP contribution in [0.2, 0.25) is 0 Å². The fourth-order valence-corrected chi connectivity index (χ4v) is 3.39. The maximum atomic E-state index is 11.5. The standard InChI is InChI=1S/C15H19NO2/c17-15(18)14-9-11-5-1-2-6-12(11)10-16(14)13-7-3-4-8-13/h1-2,5-6,13-14H,3-4,7-10H2,(H,17,18). The zero-order valence-electron chi connectivity index (χ0n) is 10.5. The highest BCUT2D eigenvalue weighted by Crippen LogP contribution is 2.31. The first-order valence-corrected chi connectivity index (χ1v) is 6.81. The fraction of sp³-hybridized carbons (Fsp3) is 0.533. The van der Waals surface area contributed by atoms with Gasteiger partial charge < -0.3 is 5.11 Å². The quantitative estimate of drug-likeness (QED) is 0.870. The van der Waals surface area contributed by atoms with E-state index in [1.807, 2.05) is 12.1 Å². The third-order valence-electron chi connectivity index (χ3n) is 4.36. The Kier molecular flexibility index (Phi) is 3.08. The predicted octanol–water partition coefficient (Wildman–Crippen LogP) is 2.44. The number of aliphatic carboxylic acids is 1. The molecule has 1 aliphatic heterocycles. The van der Waals surface area contributed by atoms with Crippen LogP contribution in [-0.4, -0.2) is 28.1 Å². The van der Waals surface area contributed by atoms with Crippen molar-refractivity contribution in [2.45, 2.75) is 50.7 Å². The molecule has 0 aromatic heterocycles. The summed E-state index contributed by atoms with van der Waals surface area (Å²) >= 11 is 0. The molecule has 1 aromatic carbocycles. The van der Waals surface area contributed by atoms with Crippen LogP contribution in [0.4, 0.5) is 0 Å². The minimum Gasteiger partial charge on any atom is -0.480 e. The van der Waals surface area contributed by atoms with E-state index in [9.17, 15) is 9.90 Å². The SMILES string of the molecule is O=C(O)C1Cc2ccccc2CN1C1CCCC1. The molecule has 0 saturated heterocycles. The molecular formula is C15H19NO2. The number of hydrogen-bond donors (Lipinski definition) is 1. The van der Waals surface area contributed by atoms with Crippen LogP contribution in [0.5, 0.6) is 0 Å². The van der Waals surface area contributed by atoms with E-state index >= 15 is 0 Å². The lowest BCUT2D eigenvalue weighted by Crippen LogP contribution is -2.49. The Morgan fingerprint density at radius 3 is 2.50 bits per heavy atom. The molecule has 96 valence electrons. The van der Waals surface area contributed by atoms with Gasteiger partial charge in [0.1, 0.15) is 6.04 Å². The maximum absolute atomic E-state index is 11.5. The lowest BCUT2D eigenvalue weighted by Gasteiger charge is -2.38. The average molecular weight is 245 g/mol. The van der Waals surface area contributed by atoms with Crippen molar-refractivity contribution < 1.29 is 9.90 Å². The zero-order chi connectivity index (χ0) is 12.5. The second-order valence-corrected chi connectivity index (χ2v) is 5.44. The van der Waals surface area contributed by atoms with Crippen molar-refractivity contribution in [1.29, 1.82) is 0 Å². The predicted molar refractivity (Wildman–Crippen MR) is 69.4 cm³/mol. The Bertz CT molecular complexity index is 452. The Morgan fingerprint density at radius 2 is 1.83 bits per heavy atom. The van der Waals surface area contributed by atoms with Crippen molar-refractivity contribution >= 4 is 5.97 Å². The van der Waals surface area contributed by atoms with Gasteiger partial charge in [-0.1, -0.05) is 37.1 Å². The van der Waals surface area contributed by atoms with Crippen molar-refractivity contribution in [3.63, 3.8) is 0 Å². The van der Waals surface area contributed by atoms with Crippen molar-refractivity contribution in [3.8, 4) is 0 Å². The van der Waals surface area contributed by atoms with Gasteiger partial charge in [0.25, 0.3) is 0 Å². The van der Waals surface area contributed by atoms with Crippen LogP contribution in [0.3, 0.4) is 0 Å². The van der Waals surface area contributed by atoms with Gasteiger partial charge in [-0.05, 0) is 30.4 Å². The van der Waals surface area contributed by atoms with Crippen LogP contribution in [-0.2, 0) is 17.8 Å². The van der Waals surface area contributed by atoms with E-state index in [1.54, 1.807) is 0 Å². The highest BCUT2D eigenvalue weighted by molar-refractivity contribution is 5.74. The maximum Gasteiger partial charge on any atom is 0.321 e. The Hall–Kier alpha value is -1.35. The topological polar surface area (TPSA) is 40.5 Å². The smallest absolute Gasteiger partial charge is 0.321 e. The minimum atomic E-state index is -0.670. The van der Waals surface area contributed by atoms with Crippen LogP contribution >= 0.6 is 0 Å². The summed E-state index contributed by atoms with van der Waals surface area (Å²) < 4.78 is 0. The van der Waals surface area contributed by atoms with Crippen molar-refractivity contribution in [1.82, 2.24) is 4.90 Å². The molecule has 2 aliphatic rings. The largest absolute Gasteiger partial charge is 0.480 e. The monoisotopic (exact) mass is 245 g/mol. The number of benzene rings is 1. The van der Waals surface area contributed by atoms with E-state index in [1.165, 1.54) is 24.0 Å². The van der Waals surface area contributed by atoms with Gasteiger partial charge in [0.15, 0.2) is 0 Å². The molecular weight excluding hydrogens is 226 g/mol. The number of carbonyl (C=O) groups is 1. The molecule has 0 radical (unpaired) electrons. The molecule has 1 aromatic rings. The van der Waals surface area contributed by atoms with Gasteiger partial charge in [0.2, 0.25) is 0 Å². The summed E-state index contributed by atoms with van der Waals surface area (Å²) in [6.07, 6.45) is 5.46. The molecule has 0 spiro atoms. The highest BCUT2D eigenvalue weighted by atomic mass is 16.4. The number of nitrogens with zero attached hydrogens (tertiary/aromatic N) is 1. The van der Waals surface area contributed by atoms with Gasteiger partial charge in [0, 0.05) is 12.6 Å². The van der Waals surface area contributed by atoms with E-state index in [0.717, 1.165) is 19.4 Å². The van der Waals surface area contributed by atoms with Crippen molar-refractivity contribution in [3.05, 3.63) is 35.4 Å². The molecule has 1 unspecified atom stereocenters. The van der Waals surface area contributed by atoms with Gasteiger partial charge >= 0.3 is 5.97 Å². The molecule has 18 heavy (non-hydrogen) atoms. The summed E-state index contributed by atoms with van der Waals surface area (Å²) in [4.78, 5) is 13.7. The van der Waals surface area contributed by atoms with Gasteiger partial charge in [-0.3, -0.25) is 9.69 Å². The third kappa shape index (κ3) is 2.03. The minimum absolute atomic E-state index is 0.331. The summed E-state index contributed by atoms with van der Waals surface area (Å²) in [5.41, 5.74) is 2.51. The third-order valence-corrected chi connectivity index (χ3v) is 4.36. The number of hydrogen-bond acceptors (Lipinski definition) is 2. The molecule has 3 nitrogen and oxygen atoms in total. The highest BCUT2D eigenvalue weighted by Gasteiger charge is 2.36. The van der Waals surface area contributed by atoms with Gasteiger partial charge in [-0.2, -0.15) is 0 Å².